The van der Waals surface area contributed by atoms with Crippen molar-refractivity contribution in [1.82, 2.24) is 5.32 Å². The molecule has 0 amide bonds. The van der Waals surface area contributed by atoms with Gasteiger partial charge in [0.25, 0.3) is 0 Å². The molecule has 1 aromatic carbocycles. The summed E-state index contributed by atoms with van der Waals surface area (Å²) in [5.41, 5.74) is 1.14. The Balaban J connectivity index is 1.93. The summed E-state index contributed by atoms with van der Waals surface area (Å²) >= 11 is 3.14. The number of rotatable bonds is 7. The minimum Gasteiger partial charge on any atom is -0.486 e. The molecule has 5 heteroatoms. The molecule has 114 valence electrons. The van der Waals surface area contributed by atoms with E-state index in [4.69, 9.17) is 9.15 Å². The molecule has 0 unspecified atom stereocenters. The first-order chi connectivity index (χ1) is 10.1. The van der Waals surface area contributed by atoms with Gasteiger partial charge in [0.15, 0.2) is 0 Å². The molecule has 1 heterocycles. The van der Waals surface area contributed by atoms with E-state index in [0.29, 0.717) is 16.8 Å². The fraction of sp³-hybridized carbons (Fsp3) is 0.375. The van der Waals surface area contributed by atoms with Crippen LogP contribution in [0.5, 0.6) is 5.75 Å². The lowest BCUT2D eigenvalue weighted by Gasteiger charge is -2.04. The molecule has 0 saturated heterocycles. The second-order valence-electron chi connectivity index (χ2n) is 4.84. The summed E-state index contributed by atoms with van der Waals surface area (Å²) < 4.78 is 24.8. The summed E-state index contributed by atoms with van der Waals surface area (Å²) in [6.45, 7) is 6.19. The molecule has 1 aromatic heterocycles. The molecule has 0 atom stereocenters. The summed E-state index contributed by atoms with van der Waals surface area (Å²) in [5.74, 6) is 1.96. The minimum absolute atomic E-state index is 0.305. The highest BCUT2D eigenvalue weighted by Crippen LogP contribution is 2.23. The maximum absolute atomic E-state index is 13.1. The summed E-state index contributed by atoms with van der Waals surface area (Å²) in [6.07, 6.45) is 1.10. The van der Waals surface area contributed by atoms with Crippen LogP contribution in [0.4, 0.5) is 4.39 Å². The van der Waals surface area contributed by atoms with E-state index in [9.17, 15) is 4.39 Å². The number of hydrogen-bond acceptors (Lipinski definition) is 3. The monoisotopic (exact) mass is 355 g/mol. The van der Waals surface area contributed by atoms with Gasteiger partial charge in [0.1, 0.15) is 29.7 Å². The molecule has 2 rings (SSSR count). The van der Waals surface area contributed by atoms with Gasteiger partial charge in [-0.15, -0.1) is 0 Å². The predicted octanol–water partition coefficient (Wildman–Crippen LogP) is 4.57. The number of aryl methyl sites for hydroxylation is 1. The molecule has 21 heavy (non-hydrogen) atoms. The number of hydrogen-bond donors (Lipinski definition) is 1. The molecular weight excluding hydrogens is 337 g/mol. The molecular formula is C16H19BrFNO2. The number of benzene rings is 1. The number of halogens is 2. The lowest BCUT2D eigenvalue weighted by molar-refractivity contribution is 0.267. The van der Waals surface area contributed by atoms with Crippen molar-refractivity contribution in [2.24, 2.45) is 0 Å². The first-order valence-electron chi connectivity index (χ1n) is 6.97. The van der Waals surface area contributed by atoms with Crippen LogP contribution in [-0.4, -0.2) is 6.54 Å². The van der Waals surface area contributed by atoms with Gasteiger partial charge in [0.05, 0.1) is 4.47 Å². The lowest BCUT2D eigenvalue weighted by atomic mass is 10.2. The van der Waals surface area contributed by atoms with Crippen molar-refractivity contribution in [3.8, 4) is 5.75 Å². The Morgan fingerprint density at radius 3 is 2.86 bits per heavy atom. The van der Waals surface area contributed by atoms with Crippen molar-refractivity contribution in [3.63, 3.8) is 0 Å². The topological polar surface area (TPSA) is 34.4 Å². The van der Waals surface area contributed by atoms with Crippen molar-refractivity contribution >= 4 is 15.9 Å². The molecule has 0 aliphatic heterocycles. The van der Waals surface area contributed by atoms with E-state index in [2.05, 4.69) is 28.2 Å². The van der Waals surface area contributed by atoms with E-state index in [0.717, 1.165) is 36.6 Å². The Morgan fingerprint density at radius 2 is 2.14 bits per heavy atom. The zero-order valence-corrected chi connectivity index (χ0v) is 13.8. The van der Waals surface area contributed by atoms with Crippen LogP contribution in [0, 0.1) is 12.7 Å². The van der Waals surface area contributed by atoms with Gasteiger partial charge in [0.2, 0.25) is 0 Å². The van der Waals surface area contributed by atoms with Crippen LogP contribution < -0.4 is 10.1 Å². The molecule has 0 bridgehead atoms. The Labute approximate surface area is 132 Å². The average Bonchev–Trinajstić information content (AvgIpc) is 2.81. The molecule has 0 spiro atoms. The molecule has 0 aliphatic carbocycles. The van der Waals surface area contributed by atoms with Crippen molar-refractivity contribution in [1.29, 1.82) is 0 Å². The molecule has 1 N–H and O–H groups in total. The van der Waals surface area contributed by atoms with Crippen LogP contribution in [0.15, 0.2) is 33.2 Å². The first kappa shape index (κ1) is 16.0. The SMILES string of the molecule is CCCNCc1cc(COc2ccc(F)c(Br)c2)oc1C. The van der Waals surface area contributed by atoms with E-state index < -0.39 is 0 Å². The third-order valence-corrected chi connectivity index (χ3v) is 3.69. The summed E-state index contributed by atoms with van der Waals surface area (Å²) in [6, 6.07) is 6.57. The normalized spacial score (nSPS) is 10.9. The molecule has 3 nitrogen and oxygen atoms in total. The van der Waals surface area contributed by atoms with E-state index >= 15 is 0 Å². The molecule has 2 aromatic rings. The van der Waals surface area contributed by atoms with Crippen molar-refractivity contribution in [3.05, 3.63) is 51.6 Å². The zero-order valence-electron chi connectivity index (χ0n) is 12.2. The maximum Gasteiger partial charge on any atom is 0.146 e. The third-order valence-electron chi connectivity index (χ3n) is 3.09. The quantitative estimate of drug-likeness (QED) is 0.738. The van der Waals surface area contributed by atoms with E-state index in [1.807, 2.05) is 13.0 Å². The Kier molecular flexibility index (Phi) is 5.82. The largest absolute Gasteiger partial charge is 0.486 e. The fourth-order valence-corrected chi connectivity index (χ4v) is 2.31. The van der Waals surface area contributed by atoms with Crippen LogP contribution in [-0.2, 0) is 13.2 Å². The molecule has 0 aliphatic rings. The van der Waals surface area contributed by atoms with Crippen molar-refractivity contribution in [2.45, 2.75) is 33.4 Å². The van der Waals surface area contributed by atoms with Gasteiger partial charge in [-0.25, -0.2) is 4.39 Å². The summed E-state index contributed by atoms with van der Waals surface area (Å²) in [7, 11) is 0. The Morgan fingerprint density at radius 1 is 1.33 bits per heavy atom. The molecule has 0 saturated carbocycles. The fourth-order valence-electron chi connectivity index (χ4n) is 1.96. The van der Waals surface area contributed by atoms with Gasteiger partial charge >= 0.3 is 0 Å². The van der Waals surface area contributed by atoms with Crippen LogP contribution in [0.25, 0.3) is 0 Å². The number of nitrogens with one attached hydrogen (secondary N) is 1. The maximum atomic E-state index is 13.1. The summed E-state index contributed by atoms with van der Waals surface area (Å²) in [4.78, 5) is 0. The standard InChI is InChI=1S/C16H19BrFNO2/c1-3-6-19-9-12-7-14(21-11(12)2)10-20-13-4-5-16(18)15(17)8-13/h4-5,7-8,19H,3,6,9-10H2,1-2H3. The minimum atomic E-state index is -0.305. The Bertz CT molecular complexity index is 598. The van der Waals surface area contributed by atoms with E-state index in [1.165, 1.54) is 6.07 Å². The molecule has 0 fully saturated rings. The number of ether oxygens (including phenoxy) is 1. The number of furan rings is 1. The van der Waals surface area contributed by atoms with Crippen molar-refractivity contribution in [2.75, 3.05) is 6.54 Å². The van der Waals surface area contributed by atoms with Gasteiger partial charge in [-0.2, -0.15) is 0 Å². The van der Waals surface area contributed by atoms with Crippen LogP contribution >= 0.6 is 15.9 Å². The average molecular weight is 356 g/mol. The van der Waals surface area contributed by atoms with Crippen molar-refractivity contribution < 1.29 is 13.5 Å². The van der Waals surface area contributed by atoms with Gasteiger partial charge in [-0.3, -0.25) is 0 Å². The first-order valence-corrected chi connectivity index (χ1v) is 7.76. The lowest BCUT2D eigenvalue weighted by Crippen LogP contribution is -2.13. The van der Waals surface area contributed by atoms with E-state index in [1.54, 1.807) is 12.1 Å². The van der Waals surface area contributed by atoms with E-state index in [-0.39, 0.29) is 5.82 Å². The van der Waals surface area contributed by atoms with Gasteiger partial charge in [-0.05, 0) is 60.1 Å². The van der Waals surface area contributed by atoms with Gasteiger partial charge in [-0.1, -0.05) is 6.92 Å². The second-order valence-corrected chi connectivity index (χ2v) is 5.69. The Hall–Kier alpha value is -1.33. The summed E-state index contributed by atoms with van der Waals surface area (Å²) in [5, 5.41) is 3.34. The van der Waals surface area contributed by atoms with Crippen LogP contribution in [0.3, 0.4) is 0 Å². The van der Waals surface area contributed by atoms with Gasteiger partial charge < -0.3 is 14.5 Å². The highest BCUT2D eigenvalue weighted by molar-refractivity contribution is 9.10. The highest BCUT2D eigenvalue weighted by Gasteiger charge is 2.08. The second kappa shape index (κ2) is 7.61. The zero-order chi connectivity index (χ0) is 15.2. The highest BCUT2D eigenvalue weighted by atomic mass is 79.9. The molecule has 0 radical (unpaired) electrons. The van der Waals surface area contributed by atoms with Crippen LogP contribution in [0.2, 0.25) is 0 Å². The third kappa shape index (κ3) is 4.58. The van der Waals surface area contributed by atoms with Crippen LogP contribution in [0.1, 0.15) is 30.4 Å². The van der Waals surface area contributed by atoms with Gasteiger partial charge in [0, 0.05) is 12.1 Å². The predicted molar refractivity (Wildman–Crippen MR) is 83.9 cm³/mol. The smallest absolute Gasteiger partial charge is 0.146 e.